The van der Waals surface area contributed by atoms with E-state index in [4.69, 9.17) is 21.2 Å². The standard InChI is InChI=1S/C26H27ClN4O5S/c1-13(2)31-12-17(6-9-22(31)32)24-15(4)23(33)19-11-14(3)10-18(25(19)36-24)16(5)29-20-7-8-21(27)30-26(20)37(28,34)35/h6-13,16,29H,1-5H3,(H2,28,34,35)/t16-/m1/s1. The fourth-order valence-corrected chi connectivity index (χ4v) is 5.12. The van der Waals surface area contributed by atoms with Crippen molar-refractivity contribution < 1.29 is 12.8 Å². The van der Waals surface area contributed by atoms with Crippen LogP contribution in [0, 0.1) is 13.8 Å². The van der Waals surface area contributed by atoms with Crippen molar-refractivity contribution >= 4 is 38.3 Å². The summed E-state index contributed by atoms with van der Waals surface area (Å²) in [5, 5.41) is 8.45. The van der Waals surface area contributed by atoms with Gasteiger partial charge in [-0.15, -0.1) is 0 Å². The third-order valence-electron chi connectivity index (χ3n) is 6.08. The summed E-state index contributed by atoms with van der Waals surface area (Å²) in [5.41, 5.74) is 2.61. The van der Waals surface area contributed by atoms with Crippen LogP contribution in [0.2, 0.25) is 5.15 Å². The lowest BCUT2D eigenvalue weighted by molar-refractivity contribution is 0.572. The van der Waals surface area contributed by atoms with Crippen molar-refractivity contribution in [1.29, 1.82) is 0 Å². The Labute approximate surface area is 219 Å². The molecule has 1 atom stereocenters. The Bertz CT molecular complexity index is 1760. The summed E-state index contributed by atoms with van der Waals surface area (Å²) in [6.07, 6.45) is 1.68. The lowest BCUT2D eigenvalue weighted by Gasteiger charge is -2.20. The van der Waals surface area contributed by atoms with E-state index in [0.717, 1.165) is 5.56 Å². The maximum Gasteiger partial charge on any atom is 0.257 e. The highest BCUT2D eigenvalue weighted by Crippen LogP contribution is 2.33. The summed E-state index contributed by atoms with van der Waals surface area (Å²) in [7, 11) is -4.16. The molecule has 11 heteroatoms. The maximum atomic E-state index is 13.4. The van der Waals surface area contributed by atoms with E-state index in [1.54, 1.807) is 36.7 Å². The molecule has 3 heterocycles. The summed E-state index contributed by atoms with van der Waals surface area (Å²) in [6.45, 7) is 9.13. The number of halogens is 1. The van der Waals surface area contributed by atoms with Crippen LogP contribution in [0.1, 0.15) is 49.5 Å². The molecule has 3 N–H and O–H groups in total. The minimum Gasteiger partial charge on any atom is -0.455 e. The van der Waals surface area contributed by atoms with Crippen molar-refractivity contribution in [2.45, 2.75) is 51.7 Å². The summed E-state index contributed by atoms with van der Waals surface area (Å²) in [6, 6.07) is 9.01. The van der Waals surface area contributed by atoms with E-state index in [0.29, 0.717) is 33.4 Å². The van der Waals surface area contributed by atoms with E-state index < -0.39 is 21.1 Å². The van der Waals surface area contributed by atoms with Crippen molar-refractivity contribution in [1.82, 2.24) is 9.55 Å². The fourth-order valence-electron chi connectivity index (χ4n) is 4.26. The molecular weight excluding hydrogens is 516 g/mol. The lowest BCUT2D eigenvalue weighted by atomic mass is 9.99. The number of primary sulfonamides is 1. The maximum absolute atomic E-state index is 13.4. The Morgan fingerprint density at radius 1 is 1.08 bits per heavy atom. The van der Waals surface area contributed by atoms with E-state index >= 15 is 0 Å². The average molecular weight is 543 g/mol. The van der Waals surface area contributed by atoms with Crippen LogP contribution in [0.5, 0.6) is 0 Å². The van der Waals surface area contributed by atoms with Gasteiger partial charge in [0.25, 0.3) is 15.6 Å². The number of aromatic nitrogens is 2. The number of nitrogens with one attached hydrogen (secondary N) is 1. The van der Waals surface area contributed by atoms with E-state index in [2.05, 4.69) is 10.3 Å². The number of fused-ring (bicyclic) bond motifs is 1. The largest absolute Gasteiger partial charge is 0.455 e. The molecule has 9 nitrogen and oxygen atoms in total. The third kappa shape index (κ3) is 5.18. The first kappa shape index (κ1) is 26.6. The van der Waals surface area contributed by atoms with Crippen LogP contribution < -0.4 is 21.4 Å². The van der Waals surface area contributed by atoms with Gasteiger partial charge in [0.2, 0.25) is 0 Å². The van der Waals surface area contributed by atoms with Crippen molar-refractivity contribution in [3.05, 3.63) is 85.0 Å². The zero-order chi connectivity index (χ0) is 27.2. The van der Waals surface area contributed by atoms with Gasteiger partial charge in [0.1, 0.15) is 16.5 Å². The zero-order valence-electron chi connectivity index (χ0n) is 21.0. The Morgan fingerprint density at radius 3 is 2.43 bits per heavy atom. The molecule has 0 saturated heterocycles. The normalized spacial score (nSPS) is 12.8. The van der Waals surface area contributed by atoms with Crippen molar-refractivity contribution in [2.24, 2.45) is 5.14 Å². The third-order valence-corrected chi connectivity index (χ3v) is 7.14. The second-order valence-electron chi connectivity index (χ2n) is 9.27. The first-order valence-electron chi connectivity index (χ1n) is 11.5. The van der Waals surface area contributed by atoms with Gasteiger partial charge in [-0.05, 0) is 64.4 Å². The Kier molecular flexibility index (Phi) is 7.02. The van der Waals surface area contributed by atoms with Crippen LogP contribution in [-0.2, 0) is 10.0 Å². The molecule has 0 aliphatic carbocycles. The predicted octanol–water partition coefficient (Wildman–Crippen LogP) is 4.69. The molecule has 0 unspecified atom stereocenters. The van der Waals surface area contributed by atoms with Gasteiger partial charge in [-0.2, -0.15) is 0 Å². The van der Waals surface area contributed by atoms with Gasteiger partial charge in [-0.3, -0.25) is 9.59 Å². The number of aryl methyl sites for hydroxylation is 1. The predicted molar refractivity (Wildman–Crippen MR) is 145 cm³/mol. The second-order valence-corrected chi connectivity index (χ2v) is 11.1. The van der Waals surface area contributed by atoms with Crippen LogP contribution in [0.15, 0.2) is 61.6 Å². The van der Waals surface area contributed by atoms with E-state index in [1.807, 2.05) is 26.8 Å². The molecule has 0 spiro atoms. The number of rotatable bonds is 6. The number of nitrogens with two attached hydrogens (primary N) is 1. The van der Waals surface area contributed by atoms with Gasteiger partial charge in [-0.25, -0.2) is 18.5 Å². The molecule has 0 radical (unpaired) electrons. The molecule has 0 saturated carbocycles. The fraction of sp³-hybridized carbons (Fsp3) is 0.269. The molecule has 4 aromatic rings. The lowest BCUT2D eigenvalue weighted by Crippen LogP contribution is -2.20. The van der Waals surface area contributed by atoms with E-state index in [1.165, 1.54) is 18.2 Å². The topological polar surface area (TPSA) is 137 Å². The summed E-state index contributed by atoms with van der Waals surface area (Å²) in [4.78, 5) is 29.6. The Morgan fingerprint density at radius 2 is 1.78 bits per heavy atom. The van der Waals surface area contributed by atoms with Gasteiger partial charge in [0, 0.05) is 35.0 Å². The summed E-state index contributed by atoms with van der Waals surface area (Å²) >= 11 is 5.89. The monoisotopic (exact) mass is 542 g/mol. The molecule has 0 aliphatic heterocycles. The van der Waals surface area contributed by atoms with Crippen LogP contribution in [0.25, 0.3) is 22.3 Å². The second kappa shape index (κ2) is 9.77. The van der Waals surface area contributed by atoms with Crippen molar-refractivity contribution in [3.63, 3.8) is 0 Å². The van der Waals surface area contributed by atoms with Crippen molar-refractivity contribution in [2.75, 3.05) is 5.32 Å². The Balaban J connectivity index is 1.92. The molecule has 4 rings (SSSR count). The van der Waals surface area contributed by atoms with Crippen LogP contribution in [-0.4, -0.2) is 18.0 Å². The first-order valence-corrected chi connectivity index (χ1v) is 13.5. The molecule has 3 aromatic heterocycles. The number of benzene rings is 1. The molecule has 37 heavy (non-hydrogen) atoms. The molecule has 1 aromatic carbocycles. The summed E-state index contributed by atoms with van der Waals surface area (Å²) < 4.78 is 32.1. The minimum atomic E-state index is -4.16. The van der Waals surface area contributed by atoms with Gasteiger partial charge < -0.3 is 14.3 Å². The number of anilines is 1. The van der Waals surface area contributed by atoms with Gasteiger partial charge >= 0.3 is 0 Å². The highest BCUT2D eigenvalue weighted by molar-refractivity contribution is 7.89. The first-order chi connectivity index (χ1) is 17.3. The van der Waals surface area contributed by atoms with Crippen molar-refractivity contribution in [3.8, 4) is 11.3 Å². The highest BCUT2D eigenvalue weighted by atomic mass is 35.5. The Hall–Kier alpha value is -3.47. The molecule has 0 aliphatic rings. The van der Waals surface area contributed by atoms with Gasteiger partial charge in [0.05, 0.1) is 17.1 Å². The highest BCUT2D eigenvalue weighted by Gasteiger charge is 2.22. The SMILES string of the molecule is Cc1cc([C@@H](C)Nc2ccc(Cl)nc2S(N)(=O)=O)c2oc(-c3ccc(=O)n(C(C)C)c3)c(C)c(=O)c2c1. The van der Waals surface area contributed by atoms with Gasteiger partial charge in [0.15, 0.2) is 10.5 Å². The number of hydrogen-bond donors (Lipinski definition) is 2. The molecule has 0 fully saturated rings. The van der Waals surface area contributed by atoms with Crippen LogP contribution >= 0.6 is 11.6 Å². The van der Waals surface area contributed by atoms with E-state index in [-0.39, 0.29) is 27.9 Å². The van der Waals surface area contributed by atoms with Gasteiger partial charge in [-0.1, -0.05) is 17.7 Å². The van der Waals surface area contributed by atoms with Crippen LogP contribution in [0.4, 0.5) is 5.69 Å². The van der Waals surface area contributed by atoms with Crippen LogP contribution in [0.3, 0.4) is 0 Å². The smallest absolute Gasteiger partial charge is 0.257 e. The van der Waals surface area contributed by atoms with E-state index in [9.17, 15) is 18.0 Å². The number of nitrogens with zero attached hydrogens (tertiary/aromatic N) is 2. The average Bonchev–Trinajstić information content (AvgIpc) is 2.82. The quantitative estimate of drug-likeness (QED) is 0.337. The number of sulfonamides is 1. The zero-order valence-corrected chi connectivity index (χ0v) is 22.6. The molecule has 194 valence electrons. The molecule has 0 amide bonds. The molecule has 0 bridgehead atoms. The number of pyridine rings is 2. The number of hydrogen-bond acceptors (Lipinski definition) is 7. The summed E-state index contributed by atoms with van der Waals surface area (Å²) in [5.74, 6) is 0.350. The minimum absolute atomic E-state index is 0.0166. The molecular formula is C26H27ClN4O5S.